The van der Waals surface area contributed by atoms with E-state index in [1.807, 2.05) is 18.5 Å². The Morgan fingerprint density at radius 1 is 1.38 bits per heavy atom. The minimum absolute atomic E-state index is 0.462. The lowest BCUT2D eigenvalue weighted by molar-refractivity contribution is 0.402. The van der Waals surface area contributed by atoms with E-state index in [2.05, 4.69) is 37.1 Å². The van der Waals surface area contributed by atoms with Crippen LogP contribution in [0.4, 0.5) is 0 Å². The summed E-state index contributed by atoms with van der Waals surface area (Å²) in [5.41, 5.74) is 1.32. The summed E-state index contributed by atoms with van der Waals surface area (Å²) in [7, 11) is 0. The van der Waals surface area contributed by atoms with Gasteiger partial charge in [0.1, 0.15) is 0 Å². The Kier molecular flexibility index (Phi) is 6.09. The maximum atomic E-state index is 4.21. The van der Waals surface area contributed by atoms with Gasteiger partial charge in [-0.15, -0.1) is 0 Å². The van der Waals surface area contributed by atoms with Crippen LogP contribution in [0.15, 0.2) is 24.5 Å². The van der Waals surface area contributed by atoms with Gasteiger partial charge >= 0.3 is 0 Å². The smallest absolute Gasteiger partial charge is 0.0338 e. The van der Waals surface area contributed by atoms with Gasteiger partial charge in [-0.2, -0.15) is 0 Å². The average molecular weight is 220 g/mol. The van der Waals surface area contributed by atoms with E-state index >= 15 is 0 Å². The fraction of sp³-hybridized carbons (Fsp3) is 0.643. The van der Waals surface area contributed by atoms with Crippen LogP contribution in [0.25, 0.3) is 0 Å². The second-order valence-electron chi connectivity index (χ2n) is 4.54. The summed E-state index contributed by atoms with van der Waals surface area (Å²) in [5.74, 6) is 0.759. The Morgan fingerprint density at radius 3 is 2.75 bits per heavy atom. The first-order chi connectivity index (χ1) is 7.77. The Hall–Kier alpha value is -0.890. The summed E-state index contributed by atoms with van der Waals surface area (Å²) < 4.78 is 0. The van der Waals surface area contributed by atoms with E-state index in [-0.39, 0.29) is 0 Å². The van der Waals surface area contributed by atoms with Crippen molar-refractivity contribution in [3.05, 3.63) is 30.1 Å². The summed E-state index contributed by atoms with van der Waals surface area (Å²) in [6, 6.07) is 4.65. The molecule has 2 nitrogen and oxygen atoms in total. The number of nitrogens with zero attached hydrogens (tertiary/aromatic N) is 1. The van der Waals surface area contributed by atoms with Gasteiger partial charge in [0.15, 0.2) is 0 Å². The second kappa shape index (κ2) is 7.39. The summed E-state index contributed by atoms with van der Waals surface area (Å²) in [4.78, 5) is 4.21. The van der Waals surface area contributed by atoms with Gasteiger partial charge in [0.2, 0.25) is 0 Å². The summed E-state index contributed by atoms with van der Waals surface area (Å²) in [6.07, 6.45) is 7.43. The number of aromatic nitrogens is 1. The molecule has 2 unspecified atom stereocenters. The number of nitrogens with one attached hydrogen (secondary N) is 1. The van der Waals surface area contributed by atoms with Crippen LogP contribution in [0.3, 0.4) is 0 Å². The molecular weight excluding hydrogens is 196 g/mol. The van der Waals surface area contributed by atoms with Crippen molar-refractivity contribution in [3.8, 4) is 0 Å². The van der Waals surface area contributed by atoms with Crippen LogP contribution in [-0.2, 0) is 0 Å². The fourth-order valence-electron chi connectivity index (χ4n) is 1.81. The topological polar surface area (TPSA) is 24.9 Å². The zero-order valence-corrected chi connectivity index (χ0v) is 10.7. The number of hydrogen-bond donors (Lipinski definition) is 1. The number of hydrogen-bond acceptors (Lipinski definition) is 2. The van der Waals surface area contributed by atoms with E-state index in [0.717, 1.165) is 12.5 Å². The van der Waals surface area contributed by atoms with Gasteiger partial charge in [-0.3, -0.25) is 4.98 Å². The maximum Gasteiger partial charge on any atom is 0.0338 e. The van der Waals surface area contributed by atoms with Gasteiger partial charge in [-0.25, -0.2) is 0 Å². The molecule has 1 heterocycles. The van der Waals surface area contributed by atoms with Crippen molar-refractivity contribution in [2.75, 3.05) is 6.54 Å². The Balaban J connectivity index is 2.63. The molecule has 0 saturated heterocycles. The van der Waals surface area contributed by atoms with Crippen LogP contribution in [0.5, 0.6) is 0 Å². The van der Waals surface area contributed by atoms with Crippen molar-refractivity contribution in [1.29, 1.82) is 0 Å². The van der Waals surface area contributed by atoms with Crippen molar-refractivity contribution in [2.45, 2.75) is 46.1 Å². The molecule has 1 aromatic rings. The fourth-order valence-corrected chi connectivity index (χ4v) is 1.81. The molecule has 0 saturated carbocycles. The average Bonchev–Trinajstić information content (AvgIpc) is 2.35. The Bertz CT molecular complexity index is 271. The highest BCUT2D eigenvalue weighted by atomic mass is 14.9. The third kappa shape index (κ3) is 4.31. The summed E-state index contributed by atoms with van der Waals surface area (Å²) in [6.45, 7) is 7.86. The van der Waals surface area contributed by atoms with Crippen LogP contribution in [-0.4, -0.2) is 11.5 Å². The second-order valence-corrected chi connectivity index (χ2v) is 4.54. The van der Waals surface area contributed by atoms with E-state index in [1.54, 1.807) is 0 Å². The van der Waals surface area contributed by atoms with Crippen molar-refractivity contribution in [2.24, 2.45) is 5.92 Å². The summed E-state index contributed by atoms with van der Waals surface area (Å²) >= 11 is 0. The standard InChI is InChI=1S/C14H24N2/c1-4-8-16-14(10-12(3)5-2)13-7-6-9-15-11-13/h6-7,9,11-12,14,16H,4-5,8,10H2,1-3H3. The van der Waals surface area contributed by atoms with Crippen molar-refractivity contribution < 1.29 is 0 Å². The molecule has 0 aliphatic heterocycles. The molecule has 2 atom stereocenters. The van der Waals surface area contributed by atoms with Crippen LogP contribution in [0, 0.1) is 5.92 Å². The molecule has 0 fully saturated rings. The van der Waals surface area contributed by atoms with E-state index in [1.165, 1.54) is 24.8 Å². The Labute approximate surface area is 99.5 Å². The highest BCUT2D eigenvalue weighted by Crippen LogP contribution is 2.22. The lowest BCUT2D eigenvalue weighted by atomic mass is 9.95. The molecule has 0 amide bonds. The molecule has 0 aliphatic carbocycles. The maximum absolute atomic E-state index is 4.21. The zero-order valence-electron chi connectivity index (χ0n) is 10.7. The third-order valence-corrected chi connectivity index (χ3v) is 3.06. The molecule has 0 radical (unpaired) electrons. The lowest BCUT2D eigenvalue weighted by Gasteiger charge is -2.21. The number of pyridine rings is 1. The van der Waals surface area contributed by atoms with Gasteiger partial charge in [-0.05, 0) is 36.9 Å². The van der Waals surface area contributed by atoms with Crippen molar-refractivity contribution >= 4 is 0 Å². The highest BCUT2D eigenvalue weighted by Gasteiger charge is 2.13. The van der Waals surface area contributed by atoms with E-state index in [0.29, 0.717) is 6.04 Å². The Morgan fingerprint density at radius 2 is 2.19 bits per heavy atom. The first-order valence-corrected chi connectivity index (χ1v) is 6.41. The molecule has 1 N–H and O–H groups in total. The highest BCUT2D eigenvalue weighted by molar-refractivity contribution is 5.13. The van der Waals surface area contributed by atoms with Crippen LogP contribution in [0.1, 0.15) is 51.6 Å². The minimum atomic E-state index is 0.462. The molecule has 0 bridgehead atoms. The van der Waals surface area contributed by atoms with Crippen molar-refractivity contribution in [3.63, 3.8) is 0 Å². The van der Waals surface area contributed by atoms with Gasteiger partial charge < -0.3 is 5.32 Å². The predicted molar refractivity (Wildman–Crippen MR) is 69.3 cm³/mol. The first-order valence-electron chi connectivity index (χ1n) is 6.41. The van der Waals surface area contributed by atoms with E-state index in [4.69, 9.17) is 0 Å². The minimum Gasteiger partial charge on any atom is -0.310 e. The van der Waals surface area contributed by atoms with Crippen LogP contribution in [0.2, 0.25) is 0 Å². The largest absolute Gasteiger partial charge is 0.310 e. The molecule has 1 aromatic heterocycles. The molecule has 0 spiro atoms. The van der Waals surface area contributed by atoms with Crippen molar-refractivity contribution in [1.82, 2.24) is 10.3 Å². The number of rotatable bonds is 7. The molecule has 90 valence electrons. The first kappa shape index (κ1) is 13.2. The van der Waals surface area contributed by atoms with Crippen LogP contribution < -0.4 is 5.32 Å². The van der Waals surface area contributed by atoms with E-state index in [9.17, 15) is 0 Å². The quantitative estimate of drug-likeness (QED) is 0.760. The molecule has 1 rings (SSSR count). The van der Waals surface area contributed by atoms with Gasteiger partial charge in [0, 0.05) is 18.4 Å². The van der Waals surface area contributed by atoms with Gasteiger partial charge in [0.05, 0.1) is 0 Å². The van der Waals surface area contributed by atoms with Gasteiger partial charge in [0.25, 0.3) is 0 Å². The third-order valence-electron chi connectivity index (χ3n) is 3.06. The zero-order chi connectivity index (χ0) is 11.8. The lowest BCUT2D eigenvalue weighted by Crippen LogP contribution is -2.24. The molecule has 2 heteroatoms. The molecular formula is C14H24N2. The SMILES string of the molecule is CCCNC(CC(C)CC)c1cccnc1. The molecule has 0 aliphatic rings. The molecule has 16 heavy (non-hydrogen) atoms. The normalized spacial score (nSPS) is 14.7. The molecule has 0 aromatic carbocycles. The van der Waals surface area contributed by atoms with Crippen LogP contribution >= 0.6 is 0 Å². The van der Waals surface area contributed by atoms with Gasteiger partial charge in [-0.1, -0.05) is 33.3 Å². The summed E-state index contributed by atoms with van der Waals surface area (Å²) in [5, 5.41) is 3.61. The van der Waals surface area contributed by atoms with E-state index < -0.39 is 0 Å². The predicted octanol–water partition coefficient (Wildman–Crippen LogP) is 3.56. The monoisotopic (exact) mass is 220 g/mol.